The number of carbonyl (C=O) groups excluding carboxylic acids is 3. The van der Waals surface area contributed by atoms with E-state index in [0.717, 1.165) is 77.0 Å². The summed E-state index contributed by atoms with van der Waals surface area (Å²) in [7, 11) is 0. The second-order valence-corrected chi connectivity index (χ2v) is 17.1. The molecule has 0 saturated carbocycles. The van der Waals surface area contributed by atoms with Crippen molar-refractivity contribution in [3.8, 4) is 0 Å². The molecule has 1 unspecified atom stereocenters. The fourth-order valence-electron chi connectivity index (χ4n) is 7.36. The van der Waals surface area contributed by atoms with Crippen molar-refractivity contribution in [2.24, 2.45) is 0 Å². The maximum atomic E-state index is 12.8. The van der Waals surface area contributed by atoms with Crippen molar-refractivity contribution in [3.63, 3.8) is 0 Å². The molecule has 0 rings (SSSR count). The van der Waals surface area contributed by atoms with E-state index in [9.17, 15) is 14.4 Å². The third-order valence-corrected chi connectivity index (χ3v) is 11.2. The van der Waals surface area contributed by atoms with Crippen LogP contribution in [0.4, 0.5) is 0 Å². The smallest absolute Gasteiger partial charge is 0.306 e. The molecule has 0 bridgehead atoms. The summed E-state index contributed by atoms with van der Waals surface area (Å²) in [5, 5.41) is 0. The van der Waals surface area contributed by atoms with Crippen LogP contribution in [0, 0.1) is 0 Å². The van der Waals surface area contributed by atoms with Crippen LogP contribution in [0.1, 0.15) is 271 Å². The predicted molar refractivity (Wildman–Crippen MR) is 247 cm³/mol. The Labute approximate surface area is 360 Å². The molecule has 0 saturated heterocycles. The van der Waals surface area contributed by atoms with E-state index in [1.807, 2.05) is 0 Å². The minimum absolute atomic E-state index is 0.0711. The van der Waals surface area contributed by atoms with Crippen LogP contribution in [-0.4, -0.2) is 37.2 Å². The van der Waals surface area contributed by atoms with Crippen LogP contribution >= 0.6 is 0 Å². The molecule has 0 aromatic carbocycles. The number of hydrogen-bond donors (Lipinski definition) is 0. The molecule has 0 aliphatic rings. The molecule has 0 fully saturated rings. The Morgan fingerprint density at radius 3 is 0.983 bits per heavy atom. The third-order valence-electron chi connectivity index (χ3n) is 11.2. The first-order valence-corrected chi connectivity index (χ1v) is 25.3. The summed E-state index contributed by atoms with van der Waals surface area (Å²) in [5.74, 6) is -0.874. The average molecular weight is 817 g/mol. The van der Waals surface area contributed by atoms with E-state index in [1.54, 1.807) is 0 Å². The van der Waals surface area contributed by atoms with Gasteiger partial charge in [-0.15, -0.1) is 0 Å². The highest BCUT2D eigenvalue weighted by atomic mass is 16.6. The van der Waals surface area contributed by atoms with Gasteiger partial charge in [0.1, 0.15) is 13.2 Å². The van der Waals surface area contributed by atoms with Crippen LogP contribution in [0.2, 0.25) is 0 Å². The van der Waals surface area contributed by atoms with Crippen LogP contribution < -0.4 is 0 Å². The normalized spacial score (nSPS) is 12.1. The molecular weight excluding hydrogens is 721 g/mol. The maximum Gasteiger partial charge on any atom is 0.306 e. The Bertz CT molecular complexity index is 942. The zero-order valence-corrected chi connectivity index (χ0v) is 38.8. The Hall–Kier alpha value is -2.11. The fraction of sp³-hybridized carbons (Fsp3) is 0.865. The number of rotatable bonds is 46. The van der Waals surface area contributed by atoms with Crippen molar-refractivity contribution in [1.82, 2.24) is 0 Å². The number of unbranched alkanes of at least 4 members (excludes halogenated alkanes) is 31. The Balaban J connectivity index is 4.35. The minimum atomic E-state index is -0.769. The molecule has 6 nitrogen and oxygen atoms in total. The highest BCUT2D eigenvalue weighted by molar-refractivity contribution is 5.71. The van der Waals surface area contributed by atoms with Gasteiger partial charge in [-0.25, -0.2) is 0 Å². The minimum Gasteiger partial charge on any atom is -0.462 e. The summed E-state index contributed by atoms with van der Waals surface area (Å²) in [6.07, 6.45) is 52.9. The first-order valence-electron chi connectivity index (χ1n) is 25.3. The largest absolute Gasteiger partial charge is 0.462 e. The second-order valence-electron chi connectivity index (χ2n) is 17.1. The number of hydrogen-bond acceptors (Lipinski definition) is 6. The summed E-state index contributed by atoms with van der Waals surface area (Å²) in [6, 6.07) is 0. The first kappa shape index (κ1) is 55.9. The van der Waals surface area contributed by atoms with Crippen molar-refractivity contribution in [2.75, 3.05) is 13.2 Å². The van der Waals surface area contributed by atoms with E-state index < -0.39 is 6.10 Å². The van der Waals surface area contributed by atoms with Crippen LogP contribution in [0.25, 0.3) is 0 Å². The van der Waals surface area contributed by atoms with E-state index in [-0.39, 0.29) is 31.1 Å². The Morgan fingerprint density at radius 2 is 0.621 bits per heavy atom. The van der Waals surface area contributed by atoms with Gasteiger partial charge in [-0.3, -0.25) is 14.4 Å². The van der Waals surface area contributed by atoms with Gasteiger partial charge in [0.15, 0.2) is 6.10 Å². The van der Waals surface area contributed by atoms with Crippen LogP contribution in [-0.2, 0) is 28.6 Å². The molecular formula is C52H96O6. The first-order chi connectivity index (χ1) is 28.5. The van der Waals surface area contributed by atoms with Gasteiger partial charge in [0, 0.05) is 19.3 Å². The van der Waals surface area contributed by atoms with Gasteiger partial charge in [-0.05, 0) is 51.4 Å². The van der Waals surface area contributed by atoms with E-state index in [2.05, 4.69) is 45.1 Å². The van der Waals surface area contributed by atoms with E-state index in [4.69, 9.17) is 14.2 Å². The van der Waals surface area contributed by atoms with Crippen LogP contribution in [0.3, 0.4) is 0 Å². The van der Waals surface area contributed by atoms with Gasteiger partial charge in [0.2, 0.25) is 0 Å². The van der Waals surface area contributed by atoms with Gasteiger partial charge < -0.3 is 14.2 Å². The lowest BCUT2D eigenvalue weighted by Crippen LogP contribution is -2.30. The van der Waals surface area contributed by atoms with Gasteiger partial charge in [0.25, 0.3) is 0 Å². The third kappa shape index (κ3) is 45.0. The fourth-order valence-corrected chi connectivity index (χ4v) is 7.36. The SMILES string of the molecule is CCCCC/C=C\C/C=C\CCCCCCCC(=O)OCC(COC(=O)CCCCCCCCCCCCC)OC(=O)CCCCCCCCCCCCCCCC. The second kappa shape index (κ2) is 47.6. The summed E-state index contributed by atoms with van der Waals surface area (Å²) in [6.45, 7) is 6.61. The lowest BCUT2D eigenvalue weighted by Gasteiger charge is -2.18. The van der Waals surface area contributed by atoms with Crippen molar-refractivity contribution in [3.05, 3.63) is 24.3 Å². The molecule has 1 atom stereocenters. The summed E-state index contributed by atoms with van der Waals surface area (Å²) in [4.78, 5) is 37.9. The molecule has 0 aromatic heterocycles. The zero-order chi connectivity index (χ0) is 42.3. The number of allylic oxidation sites excluding steroid dienone is 4. The van der Waals surface area contributed by atoms with Gasteiger partial charge >= 0.3 is 17.9 Å². The lowest BCUT2D eigenvalue weighted by atomic mass is 10.0. The molecule has 340 valence electrons. The number of ether oxygens (including phenoxy) is 3. The van der Waals surface area contributed by atoms with Crippen molar-refractivity contribution >= 4 is 17.9 Å². The van der Waals surface area contributed by atoms with E-state index >= 15 is 0 Å². The van der Waals surface area contributed by atoms with E-state index in [0.29, 0.717) is 19.3 Å². The van der Waals surface area contributed by atoms with Crippen molar-refractivity contribution < 1.29 is 28.6 Å². The Kier molecular flexibility index (Phi) is 45.8. The molecule has 0 aliphatic carbocycles. The molecule has 0 radical (unpaired) electrons. The molecule has 58 heavy (non-hydrogen) atoms. The number of esters is 3. The molecule has 0 aliphatic heterocycles. The van der Waals surface area contributed by atoms with Crippen molar-refractivity contribution in [2.45, 2.75) is 277 Å². The monoisotopic (exact) mass is 817 g/mol. The molecule has 0 aromatic rings. The highest BCUT2D eigenvalue weighted by Gasteiger charge is 2.19. The summed E-state index contributed by atoms with van der Waals surface area (Å²) in [5.41, 5.74) is 0. The molecule has 0 heterocycles. The summed E-state index contributed by atoms with van der Waals surface area (Å²) >= 11 is 0. The van der Waals surface area contributed by atoms with E-state index in [1.165, 1.54) is 154 Å². The summed E-state index contributed by atoms with van der Waals surface area (Å²) < 4.78 is 16.8. The average Bonchev–Trinajstić information content (AvgIpc) is 3.22. The van der Waals surface area contributed by atoms with Gasteiger partial charge in [-0.2, -0.15) is 0 Å². The quantitative estimate of drug-likeness (QED) is 0.0263. The lowest BCUT2D eigenvalue weighted by molar-refractivity contribution is -0.167. The molecule has 0 N–H and O–H groups in total. The molecule has 6 heteroatoms. The molecule has 0 amide bonds. The number of carbonyl (C=O) groups is 3. The predicted octanol–water partition coefficient (Wildman–Crippen LogP) is 16.4. The molecule has 0 spiro atoms. The standard InChI is InChI=1S/C52H96O6/c1-4-7-10-13-16-19-22-24-26-28-30-33-36-39-42-45-51(54)57-48-49(47-56-50(53)44-41-38-35-32-29-21-18-15-12-9-6-3)58-52(55)46-43-40-37-34-31-27-25-23-20-17-14-11-8-5-2/h16,19,24,26,49H,4-15,17-18,20-23,25,27-48H2,1-3H3/b19-16-,26-24-. The van der Waals surface area contributed by atoms with Crippen LogP contribution in [0.5, 0.6) is 0 Å². The highest BCUT2D eigenvalue weighted by Crippen LogP contribution is 2.16. The van der Waals surface area contributed by atoms with Crippen LogP contribution in [0.15, 0.2) is 24.3 Å². The zero-order valence-electron chi connectivity index (χ0n) is 38.8. The van der Waals surface area contributed by atoms with Gasteiger partial charge in [-0.1, -0.05) is 225 Å². The maximum absolute atomic E-state index is 12.8. The Morgan fingerprint density at radius 1 is 0.345 bits per heavy atom. The van der Waals surface area contributed by atoms with Crippen molar-refractivity contribution in [1.29, 1.82) is 0 Å². The van der Waals surface area contributed by atoms with Gasteiger partial charge in [0.05, 0.1) is 0 Å². The topological polar surface area (TPSA) is 78.9 Å².